The fraction of sp³-hybridized carbons (Fsp3) is 0.242. The van der Waals surface area contributed by atoms with Crippen molar-refractivity contribution >= 4 is 13.6 Å². The Labute approximate surface area is 232 Å². The second-order valence-electron chi connectivity index (χ2n) is 10.2. The van der Waals surface area contributed by atoms with Crippen LogP contribution in [0.2, 0.25) is 13.1 Å². The average molecular weight is 670 g/mol. The minimum absolute atomic E-state index is 0.374. The molecule has 4 heteroatoms. The van der Waals surface area contributed by atoms with Crippen LogP contribution in [0.15, 0.2) is 127 Å². The van der Waals surface area contributed by atoms with Gasteiger partial charge < -0.3 is 0 Å². The minimum atomic E-state index is -3.38. The van der Waals surface area contributed by atoms with Crippen LogP contribution in [0.3, 0.4) is 0 Å². The van der Waals surface area contributed by atoms with Crippen LogP contribution in [0.1, 0.15) is 34.1 Å². The summed E-state index contributed by atoms with van der Waals surface area (Å²) in [6, 6.07) is 20.4. The van der Waals surface area contributed by atoms with E-state index in [1.54, 1.807) is 5.17 Å². The molecule has 3 aliphatic carbocycles. The molecule has 187 valence electrons. The van der Waals surface area contributed by atoms with Crippen LogP contribution in [0.4, 0.5) is 0 Å². The molecule has 0 saturated carbocycles. The Bertz CT molecular complexity index is 1390. The molecule has 0 amide bonds. The van der Waals surface area contributed by atoms with E-state index in [1.807, 2.05) is 36.4 Å². The molecular weight excluding hydrogens is 635 g/mol. The second kappa shape index (κ2) is 11.0. The van der Waals surface area contributed by atoms with Gasteiger partial charge in [0.05, 0.1) is 0 Å². The number of benzene rings is 2. The van der Waals surface area contributed by atoms with Crippen molar-refractivity contribution < 1.29 is 28.0 Å². The number of hydrogen-bond donors (Lipinski definition) is 0. The van der Waals surface area contributed by atoms with Crippen molar-refractivity contribution in [2.75, 3.05) is 0 Å². The molecule has 1 atom stereocenters. The van der Waals surface area contributed by atoms with Crippen LogP contribution >= 0.6 is 0 Å². The molecule has 3 aliphatic rings. The Morgan fingerprint density at radius 3 is 1.95 bits per heavy atom. The molecule has 0 bridgehead atoms. The number of fused-ring (bicyclic) bond motifs is 1. The fourth-order valence-electron chi connectivity index (χ4n) is 5.62. The van der Waals surface area contributed by atoms with Gasteiger partial charge in [-0.05, 0) is 0 Å². The summed E-state index contributed by atoms with van der Waals surface area (Å²) in [6.07, 6.45) is 10.4. The molecular formula is C33H35HfO2Si. The summed E-state index contributed by atoms with van der Waals surface area (Å²) < 4.78 is 15.0. The molecule has 1 unspecified atom stereocenters. The van der Waals surface area contributed by atoms with Crippen molar-refractivity contribution in [3.63, 3.8) is 0 Å². The first-order valence-electron chi connectivity index (χ1n) is 13.1. The predicted molar refractivity (Wildman–Crippen MR) is 154 cm³/mol. The average Bonchev–Trinajstić information content (AvgIpc) is 3.30. The number of rotatable bonds is 6. The molecule has 0 heterocycles. The van der Waals surface area contributed by atoms with Crippen LogP contribution in [0.5, 0.6) is 11.5 Å². The summed E-state index contributed by atoms with van der Waals surface area (Å²) in [5.74, 6) is 2.16. The van der Waals surface area contributed by atoms with E-state index in [4.69, 9.17) is 5.71 Å². The van der Waals surface area contributed by atoms with Gasteiger partial charge in [-0.2, -0.15) is 0 Å². The molecule has 2 nitrogen and oxygen atoms in total. The van der Waals surface area contributed by atoms with Crippen molar-refractivity contribution in [2.45, 2.75) is 47.2 Å². The zero-order valence-corrected chi connectivity index (χ0v) is 27.3. The summed E-state index contributed by atoms with van der Waals surface area (Å²) in [6.45, 7) is 14.1. The van der Waals surface area contributed by atoms with E-state index in [9.17, 15) is 0 Å². The zero-order valence-electron chi connectivity index (χ0n) is 22.7. The first kappa shape index (κ1) is 26.1. The van der Waals surface area contributed by atoms with E-state index < -0.39 is 30.7 Å². The van der Waals surface area contributed by atoms with Crippen LogP contribution < -0.4 is 5.71 Å². The van der Waals surface area contributed by atoms with Gasteiger partial charge in [0, 0.05) is 0 Å². The van der Waals surface area contributed by atoms with Gasteiger partial charge in [-0.25, -0.2) is 0 Å². The van der Waals surface area contributed by atoms with Crippen LogP contribution in [-0.2, 0) is 22.3 Å². The summed E-state index contributed by atoms with van der Waals surface area (Å²) in [7, 11) is -0.596. The van der Waals surface area contributed by atoms with Crippen LogP contribution in [0.25, 0.3) is 0 Å². The molecule has 37 heavy (non-hydrogen) atoms. The molecule has 0 spiro atoms. The molecule has 0 radical (unpaired) electrons. The standard InChI is InChI=1S/C21H25Si.2C6H6O.Hf/c1-13-10-11-18(15(13)3)20-14(2)12-17-8-7-9-19(22(5)6)16(4)21(17)20;2*7-6-4-2-1-3-5-6;/h7-10,16H,11H2,1-6H3;2*1-5,7H;/q;;;+2/p-2. The third-order valence-electron chi connectivity index (χ3n) is 7.66. The topological polar surface area (TPSA) is 18.5 Å². The third kappa shape index (κ3) is 5.11. The molecule has 0 N–H and O–H groups in total. The summed E-state index contributed by atoms with van der Waals surface area (Å²) in [4.78, 5) is 0. The number of allylic oxidation sites excluding steroid dienone is 12. The van der Waals surface area contributed by atoms with Crippen molar-refractivity contribution in [3.05, 3.63) is 127 Å². The Morgan fingerprint density at radius 1 is 0.838 bits per heavy atom. The summed E-state index contributed by atoms with van der Waals surface area (Å²) in [5.41, 5.74) is 9.92. The van der Waals surface area contributed by atoms with Gasteiger partial charge in [0.1, 0.15) is 0 Å². The van der Waals surface area contributed by atoms with Gasteiger partial charge in [-0.1, -0.05) is 0 Å². The van der Waals surface area contributed by atoms with Crippen LogP contribution in [0, 0.1) is 5.92 Å². The Hall–Kier alpha value is -2.56. The van der Waals surface area contributed by atoms with Crippen LogP contribution in [-0.4, -0.2) is 13.6 Å². The molecule has 0 fully saturated rings. The van der Waals surface area contributed by atoms with E-state index in [-0.39, 0.29) is 0 Å². The quantitative estimate of drug-likeness (QED) is 0.287. The zero-order chi connectivity index (χ0) is 26.1. The SMILES string of the molecule is CC1=CCC(C2=C3C(=CC=CC(=[Si](C)C)C3C)[C]([Hf]([O]c3ccccc3)[O]c3ccccc3)=C2C)=C1C. The molecule has 2 aromatic rings. The normalized spacial score (nSPS) is 19.1. The summed E-state index contributed by atoms with van der Waals surface area (Å²) in [5, 5.41) is 1.58. The van der Waals surface area contributed by atoms with Gasteiger partial charge in [-0.3, -0.25) is 0 Å². The van der Waals surface area contributed by atoms with Crippen molar-refractivity contribution in [2.24, 2.45) is 5.92 Å². The second-order valence-corrected chi connectivity index (χ2v) is 18.1. The monoisotopic (exact) mass is 671 g/mol. The van der Waals surface area contributed by atoms with Gasteiger partial charge in [-0.15, -0.1) is 0 Å². The summed E-state index contributed by atoms with van der Waals surface area (Å²) >= 11 is -3.38. The van der Waals surface area contributed by atoms with E-state index in [0.717, 1.165) is 17.9 Å². The maximum atomic E-state index is 6.84. The first-order valence-corrected chi connectivity index (χ1v) is 20.3. The Kier molecular flexibility index (Phi) is 7.78. The van der Waals surface area contributed by atoms with Gasteiger partial charge in [0.2, 0.25) is 0 Å². The molecule has 2 aromatic carbocycles. The fourth-order valence-corrected chi connectivity index (χ4v) is 13.6. The molecule has 5 rings (SSSR count). The first-order chi connectivity index (χ1) is 17.9. The Balaban J connectivity index is 1.69. The predicted octanol–water partition coefficient (Wildman–Crippen LogP) is 8.48. The molecule has 0 aromatic heterocycles. The number of para-hydroxylation sites is 2. The van der Waals surface area contributed by atoms with Gasteiger partial charge in [0.25, 0.3) is 0 Å². The van der Waals surface area contributed by atoms with Crippen molar-refractivity contribution in [3.8, 4) is 11.5 Å². The van der Waals surface area contributed by atoms with Crippen molar-refractivity contribution in [1.29, 1.82) is 0 Å². The number of hydrogen-bond acceptors (Lipinski definition) is 2. The van der Waals surface area contributed by atoms with E-state index >= 15 is 0 Å². The van der Waals surface area contributed by atoms with E-state index in [2.05, 4.69) is 89.4 Å². The van der Waals surface area contributed by atoms with E-state index in [1.165, 1.54) is 42.3 Å². The van der Waals surface area contributed by atoms with E-state index in [0.29, 0.717) is 5.92 Å². The third-order valence-corrected chi connectivity index (χ3v) is 16.2. The molecule has 0 aliphatic heterocycles. The molecule has 0 saturated heterocycles. The van der Waals surface area contributed by atoms with Gasteiger partial charge >= 0.3 is 234 Å². The van der Waals surface area contributed by atoms with Gasteiger partial charge in [0.15, 0.2) is 0 Å². The van der Waals surface area contributed by atoms with Crippen molar-refractivity contribution in [1.82, 2.24) is 0 Å². The Morgan fingerprint density at radius 2 is 1.43 bits per heavy atom. The maximum absolute atomic E-state index is 6.84.